The fourth-order valence-electron chi connectivity index (χ4n) is 2.76. The van der Waals surface area contributed by atoms with E-state index in [-0.39, 0.29) is 5.70 Å². The lowest BCUT2D eigenvalue weighted by molar-refractivity contribution is -0.132. The van der Waals surface area contributed by atoms with Gasteiger partial charge in [-0.3, -0.25) is 0 Å². The molecule has 0 bridgehead atoms. The molecule has 25 heavy (non-hydrogen) atoms. The van der Waals surface area contributed by atoms with Crippen molar-refractivity contribution in [2.24, 2.45) is 0 Å². The van der Waals surface area contributed by atoms with E-state index in [2.05, 4.69) is 15.4 Å². The first-order valence-corrected chi connectivity index (χ1v) is 8.00. The number of allylic oxidation sites excluding steroid dienone is 1. The Morgan fingerprint density at radius 2 is 1.84 bits per heavy atom. The number of nitrogens with one attached hydrogen (secondary N) is 1. The number of aliphatic carboxylic acids is 1. The molecular weight excluding hydrogens is 340 g/mol. The highest BCUT2D eigenvalue weighted by Gasteiger charge is 2.28. The lowest BCUT2D eigenvalue weighted by Gasteiger charge is -2.23. The summed E-state index contributed by atoms with van der Waals surface area (Å²) in [6.45, 7) is 0. The topological polar surface area (TPSA) is 80.0 Å². The van der Waals surface area contributed by atoms with Crippen LogP contribution >= 0.6 is 11.6 Å². The standard InChI is InChI=1S/C18H13ClN4O2/c19-13-9-5-4-8-12(13)15-10-14(17(24)25)20-18-21-16(22-23(15)18)11-6-2-1-3-7-11/h1-10,15H,(H,24,25)(H,20,21,22)/t15-/m1/s1. The van der Waals surface area contributed by atoms with Gasteiger partial charge in [-0.25, -0.2) is 9.48 Å². The summed E-state index contributed by atoms with van der Waals surface area (Å²) in [7, 11) is 0. The summed E-state index contributed by atoms with van der Waals surface area (Å²) in [6, 6.07) is 16.3. The second-order valence-electron chi connectivity index (χ2n) is 5.55. The van der Waals surface area contributed by atoms with E-state index in [0.29, 0.717) is 16.8 Å². The van der Waals surface area contributed by atoms with Gasteiger partial charge >= 0.3 is 5.97 Å². The minimum Gasteiger partial charge on any atom is -0.477 e. The Morgan fingerprint density at radius 1 is 1.12 bits per heavy atom. The number of carbonyl (C=O) groups is 1. The smallest absolute Gasteiger partial charge is 0.352 e. The molecule has 0 saturated carbocycles. The van der Waals surface area contributed by atoms with Crippen LogP contribution in [0.5, 0.6) is 0 Å². The molecule has 0 fully saturated rings. The zero-order valence-electron chi connectivity index (χ0n) is 12.9. The fraction of sp³-hybridized carbons (Fsp3) is 0.0556. The van der Waals surface area contributed by atoms with Crippen molar-refractivity contribution in [2.75, 3.05) is 5.32 Å². The van der Waals surface area contributed by atoms with Crippen LogP contribution in [-0.4, -0.2) is 25.8 Å². The van der Waals surface area contributed by atoms with Gasteiger partial charge in [0.05, 0.1) is 0 Å². The zero-order chi connectivity index (χ0) is 17.4. The van der Waals surface area contributed by atoms with Crippen LogP contribution in [-0.2, 0) is 4.79 Å². The number of carboxylic acid groups (broad SMARTS) is 1. The maximum absolute atomic E-state index is 11.5. The average molecular weight is 353 g/mol. The molecule has 3 aromatic rings. The van der Waals surface area contributed by atoms with E-state index in [1.54, 1.807) is 16.8 Å². The predicted molar refractivity (Wildman–Crippen MR) is 94.4 cm³/mol. The van der Waals surface area contributed by atoms with E-state index in [4.69, 9.17) is 11.6 Å². The van der Waals surface area contributed by atoms with E-state index in [9.17, 15) is 9.90 Å². The highest BCUT2D eigenvalue weighted by Crippen LogP contribution is 2.34. The van der Waals surface area contributed by atoms with Crippen molar-refractivity contribution in [3.8, 4) is 11.4 Å². The van der Waals surface area contributed by atoms with Crippen LogP contribution in [0, 0.1) is 0 Å². The first kappa shape index (κ1) is 15.4. The monoisotopic (exact) mass is 352 g/mol. The summed E-state index contributed by atoms with van der Waals surface area (Å²) in [5.41, 5.74) is 1.65. The number of aromatic nitrogens is 3. The third-order valence-corrected chi connectivity index (χ3v) is 4.30. The van der Waals surface area contributed by atoms with E-state index >= 15 is 0 Å². The number of nitrogens with zero attached hydrogens (tertiary/aromatic N) is 3. The quantitative estimate of drug-likeness (QED) is 0.753. The number of benzene rings is 2. The molecule has 0 unspecified atom stereocenters. The number of carboxylic acids is 1. The van der Waals surface area contributed by atoms with Gasteiger partial charge in [0, 0.05) is 10.6 Å². The maximum Gasteiger partial charge on any atom is 0.352 e. The number of hydrogen-bond acceptors (Lipinski definition) is 4. The van der Waals surface area contributed by atoms with Crippen LogP contribution in [0.4, 0.5) is 5.95 Å². The molecule has 0 radical (unpaired) electrons. The van der Waals surface area contributed by atoms with Gasteiger partial charge in [-0.2, -0.15) is 4.98 Å². The normalized spacial score (nSPS) is 15.9. The van der Waals surface area contributed by atoms with E-state index in [0.717, 1.165) is 11.1 Å². The minimum absolute atomic E-state index is 0.0458. The molecule has 1 atom stereocenters. The van der Waals surface area contributed by atoms with Crippen molar-refractivity contribution in [3.05, 3.63) is 77.0 Å². The summed E-state index contributed by atoms with van der Waals surface area (Å²) in [4.78, 5) is 15.9. The molecule has 124 valence electrons. The summed E-state index contributed by atoms with van der Waals surface area (Å²) < 4.78 is 1.65. The number of anilines is 1. The van der Waals surface area contributed by atoms with Gasteiger partial charge in [0.15, 0.2) is 5.82 Å². The first-order chi connectivity index (χ1) is 12.1. The Balaban J connectivity index is 1.86. The number of rotatable bonds is 3. The Kier molecular flexibility index (Phi) is 3.74. The van der Waals surface area contributed by atoms with Crippen molar-refractivity contribution in [2.45, 2.75) is 6.04 Å². The van der Waals surface area contributed by atoms with Crippen molar-refractivity contribution < 1.29 is 9.90 Å². The van der Waals surface area contributed by atoms with Gasteiger partial charge < -0.3 is 10.4 Å². The van der Waals surface area contributed by atoms with Gasteiger partial charge in [-0.1, -0.05) is 60.1 Å². The van der Waals surface area contributed by atoms with Crippen LogP contribution in [0.3, 0.4) is 0 Å². The van der Waals surface area contributed by atoms with Gasteiger partial charge in [-0.15, -0.1) is 5.10 Å². The Labute approximate surface area is 148 Å². The van der Waals surface area contributed by atoms with Gasteiger partial charge in [0.1, 0.15) is 11.7 Å². The molecule has 0 spiro atoms. The van der Waals surface area contributed by atoms with Crippen LogP contribution in [0.25, 0.3) is 11.4 Å². The Bertz CT molecular complexity index is 982. The molecule has 6 nitrogen and oxygen atoms in total. The van der Waals surface area contributed by atoms with Crippen LogP contribution < -0.4 is 5.32 Å². The predicted octanol–water partition coefficient (Wildman–Crippen LogP) is 3.58. The maximum atomic E-state index is 11.5. The van der Waals surface area contributed by atoms with Crippen molar-refractivity contribution in [1.82, 2.24) is 14.8 Å². The lowest BCUT2D eigenvalue weighted by Crippen LogP contribution is -2.24. The van der Waals surface area contributed by atoms with Gasteiger partial charge in [0.25, 0.3) is 0 Å². The fourth-order valence-corrected chi connectivity index (χ4v) is 3.01. The molecule has 7 heteroatoms. The molecule has 2 N–H and O–H groups in total. The van der Waals surface area contributed by atoms with Gasteiger partial charge in [-0.05, 0) is 17.7 Å². The third-order valence-electron chi connectivity index (χ3n) is 3.95. The van der Waals surface area contributed by atoms with Crippen LogP contribution in [0.15, 0.2) is 66.4 Å². The number of hydrogen-bond donors (Lipinski definition) is 2. The molecule has 1 aliphatic heterocycles. The SMILES string of the molecule is O=C(O)C1=C[C@H](c2ccccc2Cl)n2nc(-c3ccccc3)nc2N1. The highest BCUT2D eigenvalue weighted by molar-refractivity contribution is 6.31. The Hall–Kier alpha value is -3.12. The van der Waals surface area contributed by atoms with Crippen LogP contribution in [0.2, 0.25) is 5.02 Å². The van der Waals surface area contributed by atoms with E-state index in [1.165, 1.54) is 0 Å². The van der Waals surface area contributed by atoms with Crippen molar-refractivity contribution in [3.63, 3.8) is 0 Å². The van der Waals surface area contributed by atoms with E-state index < -0.39 is 12.0 Å². The lowest BCUT2D eigenvalue weighted by atomic mass is 10.0. The van der Waals surface area contributed by atoms with Gasteiger partial charge in [0.2, 0.25) is 5.95 Å². The number of halogens is 1. The van der Waals surface area contributed by atoms with Crippen LogP contribution in [0.1, 0.15) is 11.6 Å². The summed E-state index contributed by atoms with van der Waals surface area (Å²) in [5.74, 6) is -0.184. The first-order valence-electron chi connectivity index (χ1n) is 7.62. The molecule has 2 aromatic carbocycles. The second kappa shape index (κ2) is 6.07. The average Bonchev–Trinajstić information content (AvgIpc) is 3.06. The second-order valence-corrected chi connectivity index (χ2v) is 5.95. The summed E-state index contributed by atoms with van der Waals surface area (Å²) in [5, 5.41) is 17.3. The summed E-state index contributed by atoms with van der Waals surface area (Å²) in [6.07, 6.45) is 1.58. The Morgan fingerprint density at radius 3 is 2.56 bits per heavy atom. The third kappa shape index (κ3) is 2.77. The highest BCUT2D eigenvalue weighted by atomic mass is 35.5. The molecule has 2 heterocycles. The largest absolute Gasteiger partial charge is 0.477 e. The molecule has 1 aliphatic rings. The summed E-state index contributed by atoms with van der Waals surface area (Å²) >= 11 is 6.32. The molecule has 1 aromatic heterocycles. The van der Waals surface area contributed by atoms with Crippen molar-refractivity contribution in [1.29, 1.82) is 0 Å². The molecular formula is C18H13ClN4O2. The zero-order valence-corrected chi connectivity index (χ0v) is 13.7. The number of fused-ring (bicyclic) bond motifs is 1. The molecule has 0 aliphatic carbocycles. The molecule has 0 saturated heterocycles. The molecule has 4 rings (SSSR count). The minimum atomic E-state index is -1.06. The van der Waals surface area contributed by atoms with E-state index in [1.807, 2.05) is 48.5 Å². The van der Waals surface area contributed by atoms with Crippen molar-refractivity contribution >= 4 is 23.5 Å². The molecule has 0 amide bonds.